The topological polar surface area (TPSA) is 57.8 Å². The van der Waals surface area contributed by atoms with Crippen LogP contribution >= 0.6 is 0 Å². The first-order chi connectivity index (χ1) is 13.9. The minimum absolute atomic E-state index is 0.0992. The molecular weight excluding hydrogens is 358 g/mol. The average molecular weight is 383 g/mol. The van der Waals surface area contributed by atoms with Crippen LogP contribution in [0.5, 0.6) is 0 Å². The maximum absolute atomic E-state index is 12.5. The number of nitriles is 1. The Labute approximate surface area is 172 Å². The normalized spacial score (nSPS) is 11.2. The number of hydrogen-bond donors (Lipinski definition) is 1. The number of nitrogens with zero attached hydrogens (tertiary/aromatic N) is 2. The number of aryl methyl sites for hydroxylation is 3. The molecule has 0 aliphatic rings. The second kappa shape index (κ2) is 8.62. The second-order valence-corrected chi connectivity index (χ2v) is 7.29. The van der Waals surface area contributed by atoms with Gasteiger partial charge in [-0.1, -0.05) is 42.5 Å². The van der Waals surface area contributed by atoms with E-state index in [1.807, 2.05) is 56.3 Å². The number of benzene rings is 2. The van der Waals surface area contributed by atoms with Crippen LogP contribution in [0.2, 0.25) is 0 Å². The predicted octanol–water partition coefficient (Wildman–Crippen LogP) is 4.93. The Morgan fingerprint density at radius 2 is 1.79 bits per heavy atom. The molecule has 0 fully saturated rings. The summed E-state index contributed by atoms with van der Waals surface area (Å²) in [6.45, 7) is 8.59. The largest absolute Gasteiger partial charge is 0.347 e. The Hall–Kier alpha value is -3.58. The van der Waals surface area contributed by atoms with E-state index >= 15 is 0 Å². The molecule has 4 nitrogen and oxygen atoms in total. The molecule has 146 valence electrons. The fourth-order valence-electron chi connectivity index (χ4n) is 3.44. The van der Waals surface area contributed by atoms with E-state index in [0.29, 0.717) is 6.54 Å². The van der Waals surface area contributed by atoms with Crippen LogP contribution in [0.4, 0.5) is 0 Å². The van der Waals surface area contributed by atoms with E-state index in [-0.39, 0.29) is 11.5 Å². The average Bonchev–Trinajstić information content (AvgIpc) is 3.00. The second-order valence-electron chi connectivity index (χ2n) is 7.29. The van der Waals surface area contributed by atoms with E-state index < -0.39 is 0 Å². The zero-order chi connectivity index (χ0) is 21.0. The smallest absolute Gasteiger partial charge is 0.262 e. The fraction of sp³-hybridized carbons (Fsp3) is 0.200. The van der Waals surface area contributed by atoms with E-state index in [4.69, 9.17) is 0 Å². The van der Waals surface area contributed by atoms with E-state index in [0.717, 1.165) is 28.2 Å². The van der Waals surface area contributed by atoms with Crippen molar-refractivity contribution in [2.75, 3.05) is 0 Å². The van der Waals surface area contributed by atoms with Crippen LogP contribution in [0.15, 0.2) is 60.2 Å². The number of carbonyl (C=O) groups excluding carboxylic acids is 1. The van der Waals surface area contributed by atoms with Crippen molar-refractivity contribution < 1.29 is 4.79 Å². The first-order valence-electron chi connectivity index (χ1n) is 9.61. The summed E-state index contributed by atoms with van der Waals surface area (Å²) < 4.78 is 2.17. The fourth-order valence-corrected chi connectivity index (χ4v) is 3.44. The number of hydrogen-bond acceptors (Lipinski definition) is 2. The Morgan fingerprint density at radius 3 is 2.48 bits per heavy atom. The third-order valence-electron chi connectivity index (χ3n) is 5.04. The number of nitrogens with one attached hydrogen (secondary N) is 1. The summed E-state index contributed by atoms with van der Waals surface area (Å²) in [5.41, 5.74) is 7.50. The molecule has 1 amide bonds. The molecule has 3 aromatic rings. The van der Waals surface area contributed by atoms with E-state index in [1.54, 1.807) is 6.08 Å². The zero-order valence-electron chi connectivity index (χ0n) is 17.3. The summed E-state index contributed by atoms with van der Waals surface area (Å²) in [5, 5.41) is 12.4. The number of carbonyl (C=O) groups is 1. The van der Waals surface area contributed by atoms with Gasteiger partial charge < -0.3 is 9.88 Å². The van der Waals surface area contributed by atoms with Crippen LogP contribution in [-0.2, 0) is 11.3 Å². The van der Waals surface area contributed by atoms with Gasteiger partial charge in [-0.3, -0.25) is 4.79 Å². The van der Waals surface area contributed by atoms with Crippen molar-refractivity contribution in [3.63, 3.8) is 0 Å². The third-order valence-corrected chi connectivity index (χ3v) is 5.04. The van der Waals surface area contributed by atoms with Gasteiger partial charge in [-0.2, -0.15) is 5.26 Å². The molecular formula is C25H25N3O. The monoisotopic (exact) mass is 383 g/mol. The summed E-state index contributed by atoms with van der Waals surface area (Å²) in [6, 6.07) is 20.1. The molecule has 29 heavy (non-hydrogen) atoms. The Bertz CT molecular complexity index is 1110. The molecule has 0 radical (unpaired) electrons. The maximum atomic E-state index is 12.5. The molecule has 1 aromatic heterocycles. The molecule has 3 rings (SSSR count). The van der Waals surface area contributed by atoms with Crippen molar-refractivity contribution in [1.29, 1.82) is 5.26 Å². The quantitative estimate of drug-likeness (QED) is 0.501. The Morgan fingerprint density at radius 1 is 1.07 bits per heavy atom. The van der Waals surface area contributed by atoms with Gasteiger partial charge in [0.25, 0.3) is 5.91 Å². The lowest BCUT2D eigenvalue weighted by atomic mass is 10.1. The van der Waals surface area contributed by atoms with Crippen LogP contribution in [0.25, 0.3) is 11.8 Å². The standard InChI is InChI=1S/C25H25N3O/c1-17-10-11-18(2)24(12-17)28-19(3)13-22(20(28)4)14-23(15-26)25(29)27-16-21-8-6-5-7-9-21/h5-14H,16H2,1-4H3,(H,27,29)/b23-14-. The SMILES string of the molecule is Cc1ccc(C)c(-n2c(C)cc(/C=C(/C#N)C(=O)NCc3ccccc3)c2C)c1. The van der Waals surface area contributed by atoms with Gasteiger partial charge in [0.05, 0.1) is 0 Å². The lowest BCUT2D eigenvalue weighted by Crippen LogP contribution is -2.23. The number of amides is 1. The summed E-state index contributed by atoms with van der Waals surface area (Å²) >= 11 is 0. The van der Waals surface area contributed by atoms with Crippen molar-refractivity contribution in [2.24, 2.45) is 0 Å². The maximum Gasteiger partial charge on any atom is 0.262 e. The van der Waals surface area contributed by atoms with Crippen LogP contribution in [0, 0.1) is 39.0 Å². The van der Waals surface area contributed by atoms with Crippen molar-refractivity contribution in [1.82, 2.24) is 9.88 Å². The summed E-state index contributed by atoms with van der Waals surface area (Å²) in [4.78, 5) is 12.5. The van der Waals surface area contributed by atoms with Crippen LogP contribution in [-0.4, -0.2) is 10.5 Å². The van der Waals surface area contributed by atoms with Crippen LogP contribution in [0.3, 0.4) is 0 Å². The van der Waals surface area contributed by atoms with Gasteiger partial charge in [0.1, 0.15) is 11.6 Å². The summed E-state index contributed by atoms with van der Waals surface area (Å²) in [7, 11) is 0. The van der Waals surface area contributed by atoms with Gasteiger partial charge in [0, 0.05) is 23.6 Å². The molecule has 0 bridgehead atoms. The molecule has 4 heteroatoms. The molecule has 1 heterocycles. The van der Waals surface area contributed by atoms with Crippen molar-refractivity contribution in [2.45, 2.75) is 34.2 Å². The van der Waals surface area contributed by atoms with E-state index in [1.165, 1.54) is 11.1 Å². The lowest BCUT2D eigenvalue weighted by Gasteiger charge is -2.13. The van der Waals surface area contributed by atoms with Gasteiger partial charge in [-0.15, -0.1) is 0 Å². The highest BCUT2D eigenvalue weighted by Gasteiger charge is 2.14. The molecule has 2 aromatic carbocycles. The van der Waals surface area contributed by atoms with Crippen LogP contribution in [0.1, 0.15) is 33.6 Å². The zero-order valence-corrected chi connectivity index (χ0v) is 17.3. The Kier molecular flexibility index (Phi) is 5.99. The number of rotatable bonds is 5. The predicted molar refractivity (Wildman–Crippen MR) is 117 cm³/mol. The molecule has 0 spiro atoms. The molecule has 0 aliphatic carbocycles. The molecule has 1 N–H and O–H groups in total. The lowest BCUT2D eigenvalue weighted by molar-refractivity contribution is -0.117. The van der Waals surface area contributed by atoms with Crippen molar-refractivity contribution in [3.8, 4) is 11.8 Å². The summed E-state index contributed by atoms with van der Waals surface area (Å²) in [5.74, 6) is -0.368. The highest BCUT2D eigenvalue weighted by atomic mass is 16.1. The molecule has 0 saturated heterocycles. The molecule has 0 saturated carbocycles. The van der Waals surface area contributed by atoms with Crippen LogP contribution < -0.4 is 5.32 Å². The minimum atomic E-state index is -0.368. The Balaban J connectivity index is 1.89. The first kappa shape index (κ1) is 20.2. The van der Waals surface area contributed by atoms with E-state index in [9.17, 15) is 10.1 Å². The van der Waals surface area contributed by atoms with Crippen molar-refractivity contribution in [3.05, 3.63) is 93.8 Å². The highest BCUT2D eigenvalue weighted by Crippen LogP contribution is 2.25. The summed E-state index contributed by atoms with van der Waals surface area (Å²) in [6.07, 6.45) is 1.67. The van der Waals surface area contributed by atoms with Gasteiger partial charge in [0.15, 0.2) is 0 Å². The molecule has 0 aliphatic heterocycles. The van der Waals surface area contributed by atoms with Gasteiger partial charge >= 0.3 is 0 Å². The molecule has 0 atom stereocenters. The van der Waals surface area contributed by atoms with Crippen molar-refractivity contribution >= 4 is 12.0 Å². The van der Waals surface area contributed by atoms with Gasteiger partial charge in [-0.05, 0) is 68.2 Å². The van der Waals surface area contributed by atoms with Gasteiger partial charge in [-0.25, -0.2) is 0 Å². The highest BCUT2D eigenvalue weighted by molar-refractivity contribution is 6.01. The minimum Gasteiger partial charge on any atom is -0.347 e. The first-order valence-corrected chi connectivity index (χ1v) is 9.61. The third kappa shape index (κ3) is 4.47. The molecule has 0 unspecified atom stereocenters. The van der Waals surface area contributed by atoms with E-state index in [2.05, 4.69) is 41.9 Å². The number of aromatic nitrogens is 1. The van der Waals surface area contributed by atoms with Gasteiger partial charge in [0.2, 0.25) is 0 Å².